The highest BCUT2D eigenvalue weighted by Crippen LogP contribution is 2.11. The SMILES string of the molecule is CC(O)CN(C)C(=O)c1ccc(O)cc1. The Morgan fingerprint density at radius 3 is 2.40 bits per heavy atom. The van der Waals surface area contributed by atoms with E-state index in [-0.39, 0.29) is 11.7 Å². The molecule has 1 aromatic carbocycles. The summed E-state index contributed by atoms with van der Waals surface area (Å²) in [4.78, 5) is 13.2. The Balaban J connectivity index is 2.72. The normalized spacial score (nSPS) is 12.2. The molecule has 0 saturated heterocycles. The first-order chi connectivity index (χ1) is 7.00. The summed E-state index contributed by atoms with van der Waals surface area (Å²) >= 11 is 0. The summed E-state index contributed by atoms with van der Waals surface area (Å²) in [6.07, 6.45) is -0.545. The number of phenolic OH excluding ortho intramolecular Hbond substituents is 1. The zero-order valence-corrected chi connectivity index (χ0v) is 8.84. The number of carbonyl (C=O) groups excluding carboxylic acids is 1. The fourth-order valence-corrected chi connectivity index (χ4v) is 1.30. The zero-order chi connectivity index (χ0) is 11.4. The van der Waals surface area contributed by atoms with Crippen molar-refractivity contribution in [2.24, 2.45) is 0 Å². The van der Waals surface area contributed by atoms with Crippen LogP contribution in [0.4, 0.5) is 0 Å². The van der Waals surface area contributed by atoms with Gasteiger partial charge in [-0.2, -0.15) is 0 Å². The minimum Gasteiger partial charge on any atom is -0.508 e. The Morgan fingerprint density at radius 1 is 1.40 bits per heavy atom. The minimum atomic E-state index is -0.545. The van der Waals surface area contributed by atoms with Gasteiger partial charge in [0.25, 0.3) is 5.91 Å². The van der Waals surface area contributed by atoms with E-state index >= 15 is 0 Å². The van der Waals surface area contributed by atoms with Crippen LogP contribution in [0.1, 0.15) is 17.3 Å². The lowest BCUT2D eigenvalue weighted by atomic mass is 10.2. The molecular weight excluding hydrogens is 194 g/mol. The average Bonchev–Trinajstić information content (AvgIpc) is 2.17. The Bertz CT molecular complexity index is 332. The van der Waals surface area contributed by atoms with Gasteiger partial charge in [-0.3, -0.25) is 4.79 Å². The average molecular weight is 209 g/mol. The molecule has 1 atom stereocenters. The molecule has 1 unspecified atom stereocenters. The summed E-state index contributed by atoms with van der Waals surface area (Å²) in [5.41, 5.74) is 0.496. The van der Waals surface area contributed by atoms with E-state index in [1.54, 1.807) is 26.1 Å². The van der Waals surface area contributed by atoms with Crippen molar-refractivity contribution in [3.63, 3.8) is 0 Å². The number of aromatic hydroxyl groups is 1. The first-order valence-corrected chi connectivity index (χ1v) is 4.73. The summed E-state index contributed by atoms with van der Waals surface area (Å²) in [7, 11) is 1.63. The number of aliphatic hydroxyl groups is 1. The maximum absolute atomic E-state index is 11.7. The van der Waals surface area contributed by atoms with Gasteiger partial charge in [0.2, 0.25) is 0 Å². The van der Waals surface area contributed by atoms with Crippen molar-refractivity contribution < 1.29 is 15.0 Å². The van der Waals surface area contributed by atoms with E-state index in [9.17, 15) is 4.79 Å². The van der Waals surface area contributed by atoms with E-state index in [1.807, 2.05) is 0 Å². The molecule has 1 amide bonds. The topological polar surface area (TPSA) is 60.8 Å². The van der Waals surface area contributed by atoms with E-state index in [0.717, 1.165) is 0 Å². The third kappa shape index (κ3) is 3.25. The predicted octanol–water partition coefficient (Wildman–Crippen LogP) is 0.845. The number of carbonyl (C=O) groups is 1. The third-order valence-electron chi connectivity index (χ3n) is 2.00. The smallest absolute Gasteiger partial charge is 0.253 e. The molecule has 2 N–H and O–H groups in total. The van der Waals surface area contributed by atoms with Crippen molar-refractivity contribution in [3.8, 4) is 5.75 Å². The summed E-state index contributed by atoms with van der Waals surface area (Å²) < 4.78 is 0. The quantitative estimate of drug-likeness (QED) is 0.775. The van der Waals surface area contributed by atoms with Gasteiger partial charge in [0.05, 0.1) is 6.10 Å². The fourth-order valence-electron chi connectivity index (χ4n) is 1.30. The number of rotatable bonds is 3. The lowest BCUT2D eigenvalue weighted by molar-refractivity contribution is 0.0703. The number of benzene rings is 1. The van der Waals surface area contributed by atoms with Crippen LogP contribution >= 0.6 is 0 Å². The first kappa shape index (κ1) is 11.5. The molecule has 0 fully saturated rings. The standard InChI is InChI=1S/C11H15NO3/c1-8(13)7-12(2)11(15)9-3-5-10(14)6-4-9/h3-6,8,13-14H,7H2,1-2H3. The Kier molecular flexibility index (Phi) is 3.68. The van der Waals surface area contributed by atoms with Crippen LogP contribution in [0.25, 0.3) is 0 Å². The minimum absolute atomic E-state index is 0.129. The molecule has 0 spiro atoms. The highest BCUT2D eigenvalue weighted by molar-refractivity contribution is 5.94. The number of amides is 1. The van der Waals surface area contributed by atoms with Crippen LogP contribution in [0.5, 0.6) is 5.75 Å². The van der Waals surface area contributed by atoms with Gasteiger partial charge in [0.15, 0.2) is 0 Å². The number of aliphatic hydroxyl groups excluding tert-OH is 1. The molecule has 15 heavy (non-hydrogen) atoms. The van der Waals surface area contributed by atoms with Gasteiger partial charge in [0, 0.05) is 19.2 Å². The van der Waals surface area contributed by atoms with Crippen molar-refractivity contribution in [2.45, 2.75) is 13.0 Å². The van der Waals surface area contributed by atoms with Crippen LogP contribution in [-0.4, -0.2) is 40.7 Å². The molecule has 4 heteroatoms. The van der Waals surface area contributed by atoms with E-state index in [0.29, 0.717) is 12.1 Å². The molecule has 0 aliphatic heterocycles. The summed E-state index contributed by atoms with van der Waals surface area (Å²) in [6, 6.07) is 6.03. The Hall–Kier alpha value is -1.55. The van der Waals surface area contributed by atoms with Gasteiger partial charge >= 0.3 is 0 Å². The second-order valence-electron chi connectivity index (χ2n) is 3.58. The third-order valence-corrected chi connectivity index (χ3v) is 2.00. The van der Waals surface area contributed by atoms with Gasteiger partial charge in [-0.25, -0.2) is 0 Å². The van der Waals surface area contributed by atoms with Gasteiger partial charge < -0.3 is 15.1 Å². The van der Waals surface area contributed by atoms with Gasteiger partial charge in [0.1, 0.15) is 5.75 Å². The molecule has 0 saturated carbocycles. The van der Waals surface area contributed by atoms with Crippen LogP contribution in [-0.2, 0) is 0 Å². The highest BCUT2D eigenvalue weighted by Gasteiger charge is 2.12. The molecule has 0 heterocycles. The molecule has 4 nitrogen and oxygen atoms in total. The number of nitrogens with zero attached hydrogens (tertiary/aromatic N) is 1. The Morgan fingerprint density at radius 2 is 1.93 bits per heavy atom. The lowest BCUT2D eigenvalue weighted by Crippen LogP contribution is -2.32. The van der Waals surface area contributed by atoms with Crippen LogP contribution in [0, 0.1) is 0 Å². The summed E-state index contributed by atoms with van der Waals surface area (Å²) in [6.45, 7) is 1.92. The molecular formula is C11H15NO3. The monoisotopic (exact) mass is 209 g/mol. The molecule has 1 rings (SSSR count). The second-order valence-corrected chi connectivity index (χ2v) is 3.58. The molecule has 0 radical (unpaired) electrons. The van der Waals surface area contributed by atoms with Crippen LogP contribution in [0.2, 0.25) is 0 Å². The fraction of sp³-hybridized carbons (Fsp3) is 0.364. The first-order valence-electron chi connectivity index (χ1n) is 4.73. The van der Waals surface area contributed by atoms with Crippen molar-refractivity contribution in [1.29, 1.82) is 0 Å². The molecule has 0 aliphatic carbocycles. The van der Waals surface area contributed by atoms with Gasteiger partial charge in [-0.05, 0) is 31.2 Å². The van der Waals surface area contributed by atoms with Crippen molar-refractivity contribution in [2.75, 3.05) is 13.6 Å². The molecule has 0 aromatic heterocycles. The van der Waals surface area contributed by atoms with E-state index in [2.05, 4.69) is 0 Å². The Labute approximate surface area is 88.8 Å². The zero-order valence-electron chi connectivity index (χ0n) is 8.84. The number of phenols is 1. The summed E-state index contributed by atoms with van der Waals surface area (Å²) in [5.74, 6) is -0.0411. The second kappa shape index (κ2) is 4.79. The van der Waals surface area contributed by atoms with Crippen LogP contribution < -0.4 is 0 Å². The van der Waals surface area contributed by atoms with Crippen molar-refractivity contribution in [3.05, 3.63) is 29.8 Å². The van der Waals surface area contributed by atoms with E-state index in [1.165, 1.54) is 17.0 Å². The van der Waals surface area contributed by atoms with Crippen LogP contribution in [0.15, 0.2) is 24.3 Å². The number of likely N-dealkylation sites (N-methyl/N-ethyl adjacent to an activating group) is 1. The molecule has 1 aromatic rings. The summed E-state index contributed by atoms with van der Waals surface area (Å²) in [5, 5.41) is 18.2. The van der Waals surface area contributed by atoms with E-state index < -0.39 is 6.10 Å². The maximum atomic E-state index is 11.7. The largest absolute Gasteiger partial charge is 0.508 e. The highest BCUT2D eigenvalue weighted by atomic mass is 16.3. The maximum Gasteiger partial charge on any atom is 0.253 e. The molecule has 0 bridgehead atoms. The van der Waals surface area contributed by atoms with Gasteiger partial charge in [-0.15, -0.1) is 0 Å². The van der Waals surface area contributed by atoms with Crippen LogP contribution in [0.3, 0.4) is 0 Å². The van der Waals surface area contributed by atoms with Crippen molar-refractivity contribution in [1.82, 2.24) is 4.90 Å². The molecule has 0 aliphatic rings. The van der Waals surface area contributed by atoms with Gasteiger partial charge in [-0.1, -0.05) is 0 Å². The lowest BCUT2D eigenvalue weighted by Gasteiger charge is -2.18. The number of hydrogen-bond donors (Lipinski definition) is 2. The predicted molar refractivity (Wildman–Crippen MR) is 56.7 cm³/mol. The van der Waals surface area contributed by atoms with Crippen molar-refractivity contribution >= 4 is 5.91 Å². The number of hydrogen-bond acceptors (Lipinski definition) is 3. The van der Waals surface area contributed by atoms with E-state index in [4.69, 9.17) is 10.2 Å². The molecule has 82 valence electrons.